The van der Waals surface area contributed by atoms with Gasteiger partial charge in [0.25, 0.3) is 0 Å². The van der Waals surface area contributed by atoms with Crippen LogP contribution in [0, 0.1) is 0 Å². The topological polar surface area (TPSA) is 18.5 Å². The summed E-state index contributed by atoms with van der Waals surface area (Å²) in [6.07, 6.45) is 0. The first-order valence-corrected chi connectivity index (χ1v) is 8.00. The Hall–Kier alpha value is -2.84. The lowest BCUT2D eigenvalue weighted by atomic mass is 9.93. The molecule has 4 rings (SSSR count). The molecule has 0 atom stereocenters. The molecule has 2 nitrogen and oxygen atoms in total. The molecule has 2 heteroatoms. The second-order valence-corrected chi connectivity index (χ2v) is 5.74. The van der Waals surface area contributed by atoms with Gasteiger partial charge in [0.2, 0.25) is 0 Å². The molecule has 0 unspecified atom stereocenters. The third-order valence-corrected chi connectivity index (χ3v) is 4.28. The first kappa shape index (κ1) is 14.7. The Balaban J connectivity index is 2.03. The fourth-order valence-electron chi connectivity index (χ4n) is 3.21. The van der Waals surface area contributed by atoms with Crippen LogP contribution in [0.15, 0.2) is 78.9 Å². The number of hydrogen-bond donors (Lipinski definition) is 0. The third-order valence-electron chi connectivity index (χ3n) is 4.28. The van der Waals surface area contributed by atoms with Crippen LogP contribution in [0.4, 0.5) is 0 Å². The summed E-state index contributed by atoms with van der Waals surface area (Å²) >= 11 is 0. The summed E-state index contributed by atoms with van der Waals surface area (Å²) in [4.78, 5) is 0. The predicted molar refractivity (Wildman–Crippen MR) is 99.4 cm³/mol. The van der Waals surface area contributed by atoms with Gasteiger partial charge < -0.3 is 9.47 Å². The highest BCUT2D eigenvalue weighted by Gasteiger charge is 2.12. The lowest BCUT2D eigenvalue weighted by Gasteiger charge is -2.14. The molecule has 0 amide bonds. The molecule has 0 aliphatic carbocycles. The summed E-state index contributed by atoms with van der Waals surface area (Å²) in [5.41, 5.74) is 2.26. The fourth-order valence-corrected chi connectivity index (χ4v) is 3.21. The highest BCUT2D eigenvalue weighted by atomic mass is 16.7. The van der Waals surface area contributed by atoms with E-state index in [1.807, 2.05) is 18.2 Å². The van der Waals surface area contributed by atoms with Gasteiger partial charge in [-0.3, -0.25) is 0 Å². The lowest BCUT2D eigenvalue weighted by Crippen LogP contribution is -2.00. The summed E-state index contributed by atoms with van der Waals surface area (Å²) in [6, 6.07) is 27.4. The lowest BCUT2D eigenvalue weighted by molar-refractivity contribution is 0.0515. The molecule has 4 aromatic rings. The highest BCUT2D eigenvalue weighted by molar-refractivity contribution is 6.14. The van der Waals surface area contributed by atoms with Crippen LogP contribution < -0.4 is 4.74 Å². The van der Waals surface area contributed by atoms with Crippen LogP contribution in [-0.4, -0.2) is 13.9 Å². The van der Waals surface area contributed by atoms with Crippen LogP contribution in [0.1, 0.15) is 0 Å². The van der Waals surface area contributed by atoms with Gasteiger partial charge in [0.1, 0.15) is 5.75 Å². The number of methoxy groups -OCH3 is 1. The highest BCUT2D eigenvalue weighted by Crippen LogP contribution is 2.38. The van der Waals surface area contributed by atoms with E-state index in [-0.39, 0.29) is 6.79 Å². The van der Waals surface area contributed by atoms with E-state index in [0.717, 1.165) is 11.3 Å². The Labute approximate surface area is 141 Å². The normalized spacial score (nSPS) is 11.0. The standard InChI is InChI=1S/C22H18O2/c1-23-15-24-22-13-7-6-12-20(22)21-14-16-8-2-3-9-17(16)18-10-4-5-11-19(18)21/h2-14H,15H2,1H3. The average Bonchev–Trinajstić information content (AvgIpc) is 2.66. The van der Waals surface area contributed by atoms with Gasteiger partial charge >= 0.3 is 0 Å². The Bertz CT molecular complexity index is 1000. The molecule has 0 saturated heterocycles. The maximum absolute atomic E-state index is 5.78. The van der Waals surface area contributed by atoms with Crippen molar-refractivity contribution in [3.05, 3.63) is 78.9 Å². The minimum Gasteiger partial charge on any atom is -0.467 e. The van der Waals surface area contributed by atoms with Crippen LogP contribution in [-0.2, 0) is 4.74 Å². The van der Waals surface area contributed by atoms with Crippen LogP contribution in [0.25, 0.3) is 32.7 Å². The van der Waals surface area contributed by atoms with Gasteiger partial charge in [-0.05, 0) is 39.2 Å². The van der Waals surface area contributed by atoms with Crippen molar-refractivity contribution in [2.45, 2.75) is 0 Å². The number of ether oxygens (including phenoxy) is 2. The quantitative estimate of drug-likeness (QED) is 0.358. The largest absolute Gasteiger partial charge is 0.467 e. The van der Waals surface area contributed by atoms with Crippen molar-refractivity contribution < 1.29 is 9.47 Å². The zero-order valence-electron chi connectivity index (χ0n) is 13.5. The van der Waals surface area contributed by atoms with Crippen LogP contribution in [0.5, 0.6) is 5.75 Å². The van der Waals surface area contributed by atoms with Crippen molar-refractivity contribution in [2.24, 2.45) is 0 Å². The van der Waals surface area contributed by atoms with E-state index in [1.54, 1.807) is 7.11 Å². The summed E-state index contributed by atoms with van der Waals surface area (Å²) < 4.78 is 10.9. The molecule has 0 aromatic heterocycles. The molecule has 0 bridgehead atoms. The second-order valence-electron chi connectivity index (χ2n) is 5.74. The minimum absolute atomic E-state index is 0.239. The van der Waals surface area contributed by atoms with Crippen molar-refractivity contribution in [3.8, 4) is 16.9 Å². The number of para-hydroxylation sites is 1. The van der Waals surface area contributed by atoms with Crippen molar-refractivity contribution in [1.29, 1.82) is 0 Å². The maximum Gasteiger partial charge on any atom is 0.188 e. The van der Waals surface area contributed by atoms with Gasteiger partial charge in [0.05, 0.1) is 0 Å². The zero-order chi connectivity index (χ0) is 16.4. The Morgan fingerprint density at radius 2 is 1.33 bits per heavy atom. The predicted octanol–water partition coefficient (Wildman–Crippen LogP) is 5.64. The molecule has 0 fully saturated rings. The van der Waals surface area contributed by atoms with Crippen molar-refractivity contribution in [3.63, 3.8) is 0 Å². The molecular formula is C22H18O2. The molecule has 0 heterocycles. The van der Waals surface area contributed by atoms with Crippen molar-refractivity contribution in [2.75, 3.05) is 13.9 Å². The molecule has 0 saturated carbocycles. The van der Waals surface area contributed by atoms with E-state index in [2.05, 4.69) is 60.7 Å². The van der Waals surface area contributed by atoms with E-state index in [4.69, 9.17) is 9.47 Å². The molecule has 0 radical (unpaired) electrons. The second kappa shape index (κ2) is 6.34. The number of benzene rings is 4. The monoisotopic (exact) mass is 314 g/mol. The Morgan fingerprint density at radius 1 is 0.667 bits per heavy atom. The number of fused-ring (bicyclic) bond motifs is 3. The SMILES string of the molecule is COCOc1ccccc1-c1cc2ccccc2c2ccccc12. The van der Waals surface area contributed by atoms with Crippen LogP contribution >= 0.6 is 0 Å². The molecular weight excluding hydrogens is 296 g/mol. The Morgan fingerprint density at radius 3 is 2.17 bits per heavy atom. The molecule has 24 heavy (non-hydrogen) atoms. The summed E-state index contributed by atoms with van der Waals surface area (Å²) in [5, 5.41) is 4.98. The summed E-state index contributed by atoms with van der Waals surface area (Å²) in [7, 11) is 1.63. The smallest absolute Gasteiger partial charge is 0.188 e. The van der Waals surface area contributed by atoms with E-state index in [0.29, 0.717) is 0 Å². The molecule has 4 aromatic carbocycles. The molecule has 0 N–H and O–H groups in total. The molecule has 118 valence electrons. The first-order valence-electron chi connectivity index (χ1n) is 8.00. The van der Waals surface area contributed by atoms with E-state index >= 15 is 0 Å². The maximum atomic E-state index is 5.78. The van der Waals surface area contributed by atoms with E-state index < -0.39 is 0 Å². The first-order chi connectivity index (χ1) is 11.9. The van der Waals surface area contributed by atoms with Gasteiger partial charge in [0.15, 0.2) is 6.79 Å². The molecule has 0 aliphatic rings. The minimum atomic E-state index is 0.239. The van der Waals surface area contributed by atoms with Gasteiger partial charge in [-0.25, -0.2) is 0 Å². The van der Waals surface area contributed by atoms with Crippen molar-refractivity contribution in [1.82, 2.24) is 0 Å². The zero-order valence-corrected chi connectivity index (χ0v) is 13.5. The van der Waals surface area contributed by atoms with E-state index in [1.165, 1.54) is 27.1 Å². The third kappa shape index (κ3) is 2.51. The van der Waals surface area contributed by atoms with Gasteiger partial charge in [-0.1, -0.05) is 66.7 Å². The van der Waals surface area contributed by atoms with Crippen molar-refractivity contribution >= 4 is 21.5 Å². The number of rotatable bonds is 4. The fraction of sp³-hybridized carbons (Fsp3) is 0.0909. The number of hydrogen-bond acceptors (Lipinski definition) is 2. The molecule has 0 spiro atoms. The summed E-state index contributed by atoms with van der Waals surface area (Å²) in [5.74, 6) is 0.833. The Kier molecular flexibility index (Phi) is 3.89. The average molecular weight is 314 g/mol. The van der Waals surface area contributed by atoms with Gasteiger partial charge in [-0.2, -0.15) is 0 Å². The van der Waals surface area contributed by atoms with E-state index in [9.17, 15) is 0 Å². The summed E-state index contributed by atoms with van der Waals surface area (Å²) in [6.45, 7) is 0.239. The van der Waals surface area contributed by atoms with Gasteiger partial charge in [0, 0.05) is 12.7 Å². The van der Waals surface area contributed by atoms with Crippen LogP contribution in [0.3, 0.4) is 0 Å². The molecule has 0 aliphatic heterocycles. The van der Waals surface area contributed by atoms with Gasteiger partial charge in [-0.15, -0.1) is 0 Å². The van der Waals surface area contributed by atoms with Crippen LogP contribution in [0.2, 0.25) is 0 Å².